The summed E-state index contributed by atoms with van der Waals surface area (Å²) >= 11 is 3.18. The molecule has 1 aromatic heterocycles. The number of halogens is 1. The van der Waals surface area contributed by atoms with Gasteiger partial charge >= 0.3 is 6.09 Å². The molecule has 0 fully saturated rings. The van der Waals surface area contributed by atoms with Crippen LogP contribution in [0.25, 0.3) is 0 Å². The molecule has 1 aromatic carbocycles. The molecular weight excluding hydrogens is 468 g/mol. The maximum absolute atomic E-state index is 12.1. The average molecular weight is 503 g/mol. The first-order valence-corrected chi connectivity index (χ1v) is 11.6. The van der Waals surface area contributed by atoms with Gasteiger partial charge < -0.3 is 9.30 Å². The first kappa shape index (κ1) is 29.2. The van der Waals surface area contributed by atoms with Crippen molar-refractivity contribution < 1.29 is 9.53 Å². The van der Waals surface area contributed by atoms with Gasteiger partial charge in [0.15, 0.2) is 5.75 Å². The van der Waals surface area contributed by atoms with Crippen molar-refractivity contribution in [3.63, 3.8) is 0 Å². The van der Waals surface area contributed by atoms with Gasteiger partial charge in [-0.25, -0.2) is 4.79 Å². The average Bonchev–Trinajstić information content (AvgIpc) is 2.81. The lowest BCUT2D eigenvalue weighted by molar-refractivity contribution is 0.208. The number of para-hydroxylation sites is 1. The fourth-order valence-corrected chi connectivity index (χ4v) is 2.67. The number of hydrogen-bond acceptors (Lipinski definition) is 3. The van der Waals surface area contributed by atoms with Gasteiger partial charge in [-0.15, -0.1) is 5.92 Å². The second kappa shape index (κ2) is 16.9. The van der Waals surface area contributed by atoms with E-state index in [1.54, 1.807) is 31.4 Å². The van der Waals surface area contributed by atoms with E-state index in [9.17, 15) is 9.59 Å². The van der Waals surface area contributed by atoms with E-state index in [0.717, 1.165) is 12.8 Å². The normalized spacial score (nSPS) is 9.00. The number of carbonyl (C=O) groups excluding carboxylic acids is 1. The van der Waals surface area contributed by atoms with Crippen molar-refractivity contribution >= 4 is 27.7 Å². The van der Waals surface area contributed by atoms with Gasteiger partial charge in [0.1, 0.15) is 4.47 Å². The number of allylic oxidation sites excluding steroid dienone is 2. The number of nitrogens with zero attached hydrogens (tertiary/aromatic N) is 2. The zero-order valence-corrected chi connectivity index (χ0v) is 21.8. The molecule has 0 atom stereocenters. The number of ether oxygens (including phenoxy) is 1. The van der Waals surface area contributed by atoms with Gasteiger partial charge in [0, 0.05) is 38.3 Å². The van der Waals surface area contributed by atoms with Gasteiger partial charge in [0.05, 0.1) is 0 Å². The summed E-state index contributed by atoms with van der Waals surface area (Å²) in [5.41, 5.74) is 1.83. The number of aryl methyl sites for hydroxylation is 1. The van der Waals surface area contributed by atoms with Gasteiger partial charge in [-0.2, -0.15) is 0 Å². The largest absolute Gasteiger partial charge is 0.419 e. The summed E-state index contributed by atoms with van der Waals surface area (Å²) in [5.74, 6) is 6.26. The molecule has 0 aliphatic carbocycles. The number of benzene rings is 1. The SMILES string of the molecule is CC.CCC#CCC=C(C)C.CCn1ccc(OC(=O)N(C)c2ccccc2)c(Br)c1=O. The van der Waals surface area contributed by atoms with Crippen LogP contribution in [0.2, 0.25) is 0 Å². The van der Waals surface area contributed by atoms with E-state index in [2.05, 4.69) is 54.6 Å². The minimum atomic E-state index is -0.560. The van der Waals surface area contributed by atoms with E-state index >= 15 is 0 Å². The van der Waals surface area contributed by atoms with E-state index in [0.29, 0.717) is 12.2 Å². The van der Waals surface area contributed by atoms with E-state index in [-0.39, 0.29) is 15.8 Å². The first-order chi connectivity index (χ1) is 15.3. The van der Waals surface area contributed by atoms with Crippen molar-refractivity contribution in [2.75, 3.05) is 11.9 Å². The van der Waals surface area contributed by atoms with Crippen LogP contribution in [0.15, 0.2) is 63.5 Å². The predicted octanol–water partition coefficient (Wildman–Crippen LogP) is 7.05. The summed E-state index contributed by atoms with van der Waals surface area (Å²) in [6.07, 6.45) is 5.06. The van der Waals surface area contributed by atoms with Gasteiger partial charge in [-0.05, 0) is 54.9 Å². The molecule has 0 N–H and O–H groups in total. The van der Waals surface area contributed by atoms with Crippen LogP contribution in [-0.4, -0.2) is 17.7 Å². The van der Waals surface area contributed by atoms with Crippen LogP contribution < -0.4 is 15.2 Å². The minimum Gasteiger partial charge on any atom is -0.408 e. The van der Waals surface area contributed by atoms with Crippen molar-refractivity contribution in [3.8, 4) is 17.6 Å². The second-order valence-electron chi connectivity index (χ2n) is 6.54. The Hall–Kier alpha value is -2.78. The molecule has 174 valence electrons. The Bertz CT molecular complexity index is 966. The highest BCUT2D eigenvalue weighted by Crippen LogP contribution is 2.22. The fourth-order valence-electron chi connectivity index (χ4n) is 2.23. The minimum absolute atomic E-state index is 0.206. The topological polar surface area (TPSA) is 51.5 Å². The Labute approximate surface area is 201 Å². The zero-order valence-electron chi connectivity index (χ0n) is 20.2. The molecule has 1 heterocycles. The van der Waals surface area contributed by atoms with Crippen molar-refractivity contribution in [3.05, 3.63) is 69.1 Å². The molecule has 0 radical (unpaired) electrons. The van der Waals surface area contributed by atoms with Crippen molar-refractivity contribution in [1.82, 2.24) is 4.57 Å². The van der Waals surface area contributed by atoms with Crippen LogP contribution >= 0.6 is 15.9 Å². The maximum atomic E-state index is 12.1. The Morgan fingerprint density at radius 1 is 1.12 bits per heavy atom. The molecular formula is C26H35BrN2O3. The van der Waals surface area contributed by atoms with Gasteiger partial charge in [0.2, 0.25) is 0 Å². The summed E-state index contributed by atoms with van der Waals surface area (Å²) in [6.45, 7) is 12.7. The number of pyridine rings is 1. The highest BCUT2D eigenvalue weighted by atomic mass is 79.9. The number of anilines is 1. The zero-order chi connectivity index (χ0) is 24.5. The molecule has 0 spiro atoms. The van der Waals surface area contributed by atoms with E-state index in [1.807, 2.05) is 39.0 Å². The first-order valence-electron chi connectivity index (χ1n) is 10.8. The molecule has 32 heavy (non-hydrogen) atoms. The third-order valence-corrected chi connectivity index (χ3v) is 4.67. The molecule has 1 amide bonds. The lowest BCUT2D eigenvalue weighted by Gasteiger charge is -2.17. The Morgan fingerprint density at radius 3 is 2.28 bits per heavy atom. The van der Waals surface area contributed by atoms with Crippen LogP contribution in [-0.2, 0) is 6.54 Å². The predicted molar refractivity (Wildman–Crippen MR) is 138 cm³/mol. The quantitative estimate of drug-likeness (QED) is 0.332. The van der Waals surface area contributed by atoms with Crippen LogP contribution in [0.3, 0.4) is 0 Å². The van der Waals surface area contributed by atoms with Crippen molar-refractivity contribution in [2.45, 2.75) is 60.9 Å². The van der Waals surface area contributed by atoms with Crippen molar-refractivity contribution in [2.24, 2.45) is 0 Å². The molecule has 0 unspecified atom stereocenters. The van der Waals surface area contributed by atoms with Crippen molar-refractivity contribution in [1.29, 1.82) is 0 Å². The molecule has 5 nitrogen and oxygen atoms in total. The van der Waals surface area contributed by atoms with E-state index in [4.69, 9.17) is 4.74 Å². The van der Waals surface area contributed by atoms with Crippen LogP contribution in [0.4, 0.5) is 10.5 Å². The maximum Gasteiger partial charge on any atom is 0.419 e. The molecule has 2 aromatic rings. The molecule has 0 bridgehead atoms. The number of amides is 1. The Kier molecular flexibility index (Phi) is 15.4. The monoisotopic (exact) mass is 502 g/mol. The summed E-state index contributed by atoms with van der Waals surface area (Å²) in [7, 11) is 1.61. The summed E-state index contributed by atoms with van der Waals surface area (Å²) in [6, 6.07) is 10.7. The van der Waals surface area contributed by atoms with Gasteiger partial charge in [-0.3, -0.25) is 9.69 Å². The highest BCUT2D eigenvalue weighted by molar-refractivity contribution is 9.10. The smallest absolute Gasteiger partial charge is 0.408 e. The molecule has 0 aliphatic heterocycles. The lowest BCUT2D eigenvalue weighted by Crippen LogP contribution is -2.30. The van der Waals surface area contributed by atoms with E-state index < -0.39 is 6.09 Å². The molecule has 0 aliphatic rings. The van der Waals surface area contributed by atoms with Gasteiger partial charge in [-0.1, -0.05) is 56.5 Å². The molecule has 0 saturated carbocycles. The molecule has 0 saturated heterocycles. The number of hydrogen-bond donors (Lipinski definition) is 0. The summed E-state index contributed by atoms with van der Waals surface area (Å²) in [4.78, 5) is 25.4. The highest BCUT2D eigenvalue weighted by Gasteiger charge is 2.16. The van der Waals surface area contributed by atoms with Crippen LogP contribution in [0.1, 0.15) is 54.4 Å². The van der Waals surface area contributed by atoms with Crippen LogP contribution in [0, 0.1) is 11.8 Å². The fraction of sp³-hybridized carbons (Fsp3) is 0.385. The third-order valence-electron chi connectivity index (χ3n) is 3.94. The summed E-state index contributed by atoms with van der Waals surface area (Å²) in [5, 5.41) is 0. The van der Waals surface area contributed by atoms with E-state index in [1.165, 1.54) is 15.0 Å². The lowest BCUT2D eigenvalue weighted by atomic mass is 10.3. The number of aromatic nitrogens is 1. The molecule has 2 rings (SSSR count). The standard InChI is InChI=1S/C15H15BrN2O3.C9H14.C2H6/c1-3-18-10-9-12(13(16)14(18)19)21-15(20)17(2)11-7-5-4-6-8-11;1-4-5-6-7-8-9(2)3;1-2/h4-10H,3H2,1-2H3;8H,4,7H2,1-3H3;1-2H3. The van der Waals surface area contributed by atoms with Crippen LogP contribution in [0.5, 0.6) is 5.75 Å². The number of rotatable bonds is 4. The summed E-state index contributed by atoms with van der Waals surface area (Å²) < 4.78 is 7.02. The third kappa shape index (κ3) is 10.5. The number of carbonyl (C=O) groups is 1. The van der Waals surface area contributed by atoms with Gasteiger partial charge in [0.25, 0.3) is 5.56 Å². The Morgan fingerprint density at radius 2 is 1.75 bits per heavy atom. The Balaban J connectivity index is 0.000000738. The second-order valence-corrected chi connectivity index (χ2v) is 7.33. The molecule has 6 heteroatoms.